The maximum Gasteiger partial charge on any atom is 0.328 e. The summed E-state index contributed by atoms with van der Waals surface area (Å²) in [6, 6.07) is 0. The van der Waals surface area contributed by atoms with E-state index >= 15 is 0 Å². The predicted octanol–water partition coefficient (Wildman–Crippen LogP) is 5.52. The zero-order chi connectivity index (χ0) is 14.4. The second kappa shape index (κ2) is 13.1. The van der Waals surface area contributed by atoms with Crippen molar-refractivity contribution in [2.45, 2.75) is 84.5 Å². The first-order chi connectivity index (χ1) is 9.12. The molecule has 0 bridgehead atoms. The minimum atomic E-state index is -3.28. The number of unbranched alkanes of at least 4 members (excludes halogenated alkanes) is 9. The first kappa shape index (κ1) is 19.1. The van der Waals surface area contributed by atoms with Crippen LogP contribution < -0.4 is 0 Å². The minimum absolute atomic E-state index is 0.323. The van der Waals surface area contributed by atoms with E-state index in [-0.39, 0.29) is 0 Å². The lowest BCUT2D eigenvalue weighted by Gasteiger charge is -2.11. The number of rotatable bonds is 14. The van der Waals surface area contributed by atoms with Gasteiger partial charge in [-0.3, -0.25) is 4.57 Å². The van der Waals surface area contributed by atoms with Gasteiger partial charge in [0, 0.05) is 6.16 Å². The molecule has 0 heterocycles. The third kappa shape index (κ3) is 14.4. The molecule has 116 valence electrons. The monoisotopic (exact) mass is 292 g/mol. The summed E-state index contributed by atoms with van der Waals surface area (Å²) < 4.78 is 16.5. The Hall–Kier alpha value is 0.150. The first-order valence-electron chi connectivity index (χ1n) is 8.08. The Balaban J connectivity index is 3.24. The van der Waals surface area contributed by atoms with Crippen molar-refractivity contribution in [1.29, 1.82) is 0 Å². The van der Waals surface area contributed by atoms with Crippen LogP contribution in [0.3, 0.4) is 0 Å². The molecule has 3 nitrogen and oxygen atoms in total. The first-order valence-corrected chi connectivity index (χ1v) is 9.85. The van der Waals surface area contributed by atoms with Gasteiger partial charge in [0.15, 0.2) is 0 Å². The average molecular weight is 292 g/mol. The van der Waals surface area contributed by atoms with Crippen LogP contribution in [0.4, 0.5) is 0 Å². The highest BCUT2D eigenvalue weighted by molar-refractivity contribution is 7.52. The third-order valence-corrected chi connectivity index (χ3v) is 4.76. The molecular formula is C15H33O3P. The van der Waals surface area contributed by atoms with Gasteiger partial charge in [-0.2, -0.15) is 0 Å². The smallest absolute Gasteiger partial charge is 0.324 e. The fourth-order valence-corrected chi connectivity index (χ4v) is 3.32. The second-order valence-corrected chi connectivity index (χ2v) is 7.36. The molecule has 0 amide bonds. The molecule has 0 aliphatic carbocycles. The van der Waals surface area contributed by atoms with Crippen LogP contribution in [-0.2, 0) is 9.09 Å². The number of hydrogen-bond acceptors (Lipinski definition) is 2. The van der Waals surface area contributed by atoms with Crippen molar-refractivity contribution in [1.82, 2.24) is 0 Å². The zero-order valence-electron chi connectivity index (χ0n) is 12.9. The maximum absolute atomic E-state index is 11.5. The summed E-state index contributed by atoms with van der Waals surface area (Å²) in [4.78, 5) is 9.50. The molecule has 0 spiro atoms. The lowest BCUT2D eigenvalue weighted by Crippen LogP contribution is -1.96. The highest BCUT2D eigenvalue weighted by Gasteiger charge is 2.17. The van der Waals surface area contributed by atoms with Gasteiger partial charge in [0.25, 0.3) is 0 Å². The van der Waals surface area contributed by atoms with Gasteiger partial charge in [0.2, 0.25) is 0 Å². The molecule has 0 fully saturated rings. The summed E-state index contributed by atoms with van der Waals surface area (Å²) >= 11 is 0. The van der Waals surface area contributed by atoms with Crippen LogP contribution in [0.25, 0.3) is 0 Å². The van der Waals surface area contributed by atoms with E-state index in [9.17, 15) is 9.46 Å². The van der Waals surface area contributed by atoms with Crippen molar-refractivity contribution in [3.63, 3.8) is 0 Å². The molecule has 1 unspecified atom stereocenters. The summed E-state index contributed by atoms with van der Waals surface area (Å²) in [5.74, 6) is 0. The average Bonchev–Trinajstić information content (AvgIpc) is 2.38. The van der Waals surface area contributed by atoms with Gasteiger partial charge >= 0.3 is 7.60 Å². The van der Waals surface area contributed by atoms with E-state index in [1.807, 2.05) is 6.92 Å². The fourth-order valence-electron chi connectivity index (χ4n) is 2.10. The molecule has 0 aromatic rings. The van der Waals surface area contributed by atoms with Crippen molar-refractivity contribution < 1.29 is 14.0 Å². The molecule has 0 aromatic carbocycles. The molecule has 0 saturated heterocycles. The molecule has 1 atom stereocenters. The Kier molecular flexibility index (Phi) is 13.3. The van der Waals surface area contributed by atoms with Crippen LogP contribution in [0, 0.1) is 0 Å². The highest BCUT2D eigenvalue weighted by atomic mass is 31.2. The quantitative estimate of drug-likeness (QED) is 0.339. The van der Waals surface area contributed by atoms with Crippen molar-refractivity contribution in [2.75, 3.05) is 12.8 Å². The van der Waals surface area contributed by atoms with E-state index in [4.69, 9.17) is 4.52 Å². The van der Waals surface area contributed by atoms with E-state index in [0.29, 0.717) is 12.8 Å². The molecular weight excluding hydrogens is 259 g/mol. The van der Waals surface area contributed by atoms with Gasteiger partial charge < -0.3 is 9.42 Å². The summed E-state index contributed by atoms with van der Waals surface area (Å²) in [5, 5.41) is 0. The Labute approximate surface area is 119 Å². The topological polar surface area (TPSA) is 46.5 Å². The Bertz CT molecular complexity index is 231. The fraction of sp³-hybridized carbons (Fsp3) is 1.00. The minimum Gasteiger partial charge on any atom is -0.324 e. The maximum atomic E-state index is 11.5. The van der Waals surface area contributed by atoms with Crippen LogP contribution in [0.5, 0.6) is 0 Å². The van der Waals surface area contributed by atoms with Gasteiger partial charge in [-0.15, -0.1) is 0 Å². The van der Waals surface area contributed by atoms with E-state index in [1.165, 1.54) is 51.4 Å². The highest BCUT2D eigenvalue weighted by Crippen LogP contribution is 2.42. The van der Waals surface area contributed by atoms with E-state index in [2.05, 4.69) is 6.92 Å². The summed E-state index contributed by atoms with van der Waals surface area (Å²) in [7, 11) is -3.28. The Morgan fingerprint density at radius 2 is 1.26 bits per heavy atom. The largest absolute Gasteiger partial charge is 0.328 e. The molecule has 0 radical (unpaired) electrons. The molecule has 4 heteroatoms. The molecule has 19 heavy (non-hydrogen) atoms. The van der Waals surface area contributed by atoms with Crippen LogP contribution in [0.2, 0.25) is 0 Å². The summed E-state index contributed by atoms with van der Waals surface area (Å²) in [6.45, 7) is 4.58. The molecule has 0 aromatic heterocycles. The third-order valence-electron chi connectivity index (χ3n) is 3.29. The van der Waals surface area contributed by atoms with Gasteiger partial charge in [0.1, 0.15) is 0 Å². The van der Waals surface area contributed by atoms with Crippen molar-refractivity contribution in [2.24, 2.45) is 0 Å². The lowest BCUT2D eigenvalue weighted by molar-refractivity contribution is 0.259. The summed E-state index contributed by atoms with van der Waals surface area (Å²) in [6.07, 6.45) is 13.5. The van der Waals surface area contributed by atoms with Gasteiger partial charge in [-0.1, -0.05) is 71.6 Å². The van der Waals surface area contributed by atoms with Crippen LogP contribution in [0.1, 0.15) is 84.5 Å². The van der Waals surface area contributed by atoms with Crippen molar-refractivity contribution in [3.05, 3.63) is 0 Å². The molecule has 0 aliphatic rings. The van der Waals surface area contributed by atoms with Crippen molar-refractivity contribution in [3.8, 4) is 0 Å². The number of hydrogen-bond donors (Lipinski definition) is 1. The predicted molar refractivity (Wildman–Crippen MR) is 82.8 cm³/mol. The molecule has 0 aliphatic heterocycles. The summed E-state index contributed by atoms with van der Waals surface area (Å²) in [5.41, 5.74) is 0. The standard InChI is InChI=1S/C15H33O3P/c1-3-5-6-7-8-9-10-11-12-13-15-19(16,17)18-14-4-2/h3-15H2,1-2H3,(H,16,17). The van der Waals surface area contributed by atoms with Crippen LogP contribution >= 0.6 is 7.60 Å². The lowest BCUT2D eigenvalue weighted by atomic mass is 10.1. The second-order valence-electron chi connectivity index (χ2n) is 5.38. The SMILES string of the molecule is CCCCCCCCCCCCP(=O)(O)OCCC. The normalized spacial score (nSPS) is 14.5. The molecule has 0 saturated carbocycles. The van der Waals surface area contributed by atoms with E-state index < -0.39 is 7.60 Å². The Morgan fingerprint density at radius 3 is 1.74 bits per heavy atom. The van der Waals surface area contributed by atoms with Gasteiger partial charge in [-0.25, -0.2) is 0 Å². The van der Waals surface area contributed by atoms with Crippen LogP contribution in [-0.4, -0.2) is 17.7 Å². The van der Waals surface area contributed by atoms with Crippen LogP contribution in [0.15, 0.2) is 0 Å². The zero-order valence-corrected chi connectivity index (χ0v) is 13.8. The molecule has 1 N–H and O–H groups in total. The van der Waals surface area contributed by atoms with Gasteiger partial charge in [-0.05, 0) is 12.8 Å². The van der Waals surface area contributed by atoms with Crippen molar-refractivity contribution >= 4 is 7.60 Å². The van der Waals surface area contributed by atoms with Gasteiger partial charge in [0.05, 0.1) is 6.61 Å². The Morgan fingerprint density at radius 1 is 0.789 bits per heavy atom. The molecule has 0 rings (SSSR count). The van der Waals surface area contributed by atoms with E-state index in [1.54, 1.807) is 0 Å². The van der Waals surface area contributed by atoms with E-state index in [0.717, 1.165) is 19.3 Å².